The van der Waals surface area contributed by atoms with Crippen molar-refractivity contribution in [1.82, 2.24) is 15.0 Å². The molecule has 0 bridgehead atoms. The molecule has 1 aromatic heterocycles. The zero-order chi connectivity index (χ0) is 12.2. The number of aromatic nitrogens is 3. The fraction of sp³-hybridized carbons (Fsp3) is 0.133. The fourth-order valence-electron chi connectivity index (χ4n) is 1.94. The van der Waals surface area contributed by atoms with Crippen LogP contribution < -0.4 is 0 Å². The molecule has 3 heteroatoms. The molecular weight excluding hydrogens is 222 g/mol. The van der Waals surface area contributed by atoms with Crippen LogP contribution in [0.5, 0.6) is 0 Å². The smallest absolute Gasteiger partial charge is 0.163 e. The number of nitrogens with zero attached hydrogens (tertiary/aromatic N) is 3. The number of hydrogen-bond acceptors (Lipinski definition) is 3. The summed E-state index contributed by atoms with van der Waals surface area (Å²) in [5.74, 6) is 1.47. The van der Waals surface area contributed by atoms with Gasteiger partial charge in [0.05, 0.1) is 0 Å². The SMILES string of the molecule is C1=CC(c2ncnc(-c3ccccc3)n2)=CCC1. The molecule has 1 aliphatic carbocycles. The Labute approximate surface area is 106 Å². The number of rotatable bonds is 2. The summed E-state index contributed by atoms with van der Waals surface area (Å²) in [5, 5.41) is 0. The minimum atomic E-state index is 0.723. The summed E-state index contributed by atoms with van der Waals surface area (Å²) < 4.78 is 0. The van der Waals surface area contributed by atoms with Crippen LogP contribution in [-0.4, -0.2) is 15.0 Å². The maximum Gasteiger partial charge on any atom is 0.163 e. The van der Waals surface area contributed by atoms with E-state index in [0.29, 0.717) is 0 Å². The maximum absolute atomic E-state index is 4.52. The van der Waals surface area contributed by atoms with E-state index < -0.39 is 0 Å². The van der Waals surface area contributed by atoms with Gasteiger partial charge in [-0.1, -0.05) is 48.6 Å². The molecule has 0 amide bonds. The highest BCUT2D eigenvalue weighted by atomic mass is 15.0. The highest BCUT2D eigenvalue weighted by Gasteiger charge is 2.07. The predicted molar refractivity (Wildman–Crippen MR) is 71.6 cm³/mol. The largest absolute Gasteiger partial charge is 0.217 e. The van der Waals surface area contributed by atoms with Gasteiger partial charge in [0.15, 0.2) is 11.6 Å². The van der Waals surface area contributed by atoms with Crippen LogP contribution in [0.4, 0.5) is 0 Å². The van der Waals surface area contributed by atoms with Gasteiger partial charge in [-0.05, 0) is 12.8 Å². The summed E-state index contributed by atoms with van der Waals surface area (Å²) in [6, 6.07) is 9.96. The van der Waals surface area contributed by atoms with E-state index in [-0.39, 0.29) is 0 Å². The molecule has 0 unspecified atom stereocenters. The van der Waals surface area contributed by atoms with Gasteiger partial charge < -0.3 is 0 Å². The van der Waals surface area contributed by atoms with Crippen LogP contribution in [0.25, 0.3) is 17.0 Å². The Hall–Kier alpha value is -2.29. The monoisotopic (exact) mass is 235 g/mol. The summed E-state index contributed by atoms with van der Waals surface area (Å²) in [7, 11) is 0. The van der Waals surface area contributed by atoms with Crippen LogP contribution in [-0.2, 0) is 0 Å². The van der Waals surface area contributed by atoms with Crippen molar-refractivity contribution in [2.45, 2.75) is 12.8 Å². The van der Waals surface area contributed by atoms with Crippen LogP contribution in [0, 0.1) is 0 Å². The quantitative estimate of drug-likeness (QED) is 0.801. The van der Waals surface area contributed by atoms with Gasteiger partial charge in [-0.2, -0.15) is 0 Å². The van der Waals surface area contributed by atoms with E-state index in [1.165, 1.54) is 0 Å². The maximum atomic E-state index is 4.52. The first kappa shape index (κ1) is 10.8. The van der Waals surface area contributed by atoms with E-state index in [2.05, 4.69) is 33.2 Å². The van der Waals surface area contributed by atoms with E-state index in [1.807, 2.05) is 30.3 Å². The molecule has 1 aliphatic rings. The minimum Gasteiger partial charge on any atom is -0.217 e. The van der Waals surface area contributed by atoms with E-state index in [9.17, 15) is 0 Å². The average molecular weight is 235 g/mol. The number of benzene rings is 1. The highest BCUT2D eigenvalue weighted by molar-refractivity contribution is 5.71. The Morgan fingerprint density at radius 1 is 0.889 bits per heavy atom. The Bertz CT molecular complexity index is 600. The third kappa shape index (κ3) is 2.20. The van der Waals surface area contributed by atoms with E-state index in [1.54, 1.807) is 6.33 Å². The Morgan fingerprint density at radius 2 is 1.72 bits per heavy atom. The summed E-state index contributed by atoms with van der Waals surface area (Å²) in [6.07, 6.45) is 10.1. The molecule has 0 saturated heterocycles. The van der Waals surface area contributed by atoms with Gasteiger partial charge in [-0.3, -0.25) is 0 Å². The summed E-state index contributed by atoms with van der Waals surface area (Å²) >= 11 is 0. The first-order valence-electron chi connectivity index (χ1n) is 6.05. The second-order valence-electron chi connectivity index (χ2n) is 4.14. The van der Waals surface area contributed by atoms with Crippen molar-refractivity contribution in [3.63, 3.8) is 0 Å². The molecule has 1 aromatic carbocycles. The molecule has 18 heavy (non-hydrogen) atoms. The molecule has 88 valence electrons. The van der Waals surface area contributed by atoms with Crippen molar-refractivity contribution in [3.05, 3.63) is 60.7 Å². The van der Waals surface area contributed by atoms with Crippen molar-refractivity contribution in [2.24, 2.45) is 0 Å². The molecule has 0 radical (unpaired) electrons. The Morgan fingerprint density at radius 3 is 2.50 bits per heavy atom. The molecule has 2 aromatic rings. The van der Waals surface area contributed by atoms with Gasteiger partial charge in [-0.25, -0.2) is 15.0 Å². The molecule has 0 fully saturated rings. The lowest BCUT2D eigenvalue weighted by Gasteiger charge is -2.06. The summed E-state index contributed by atoms with van der Waals surface area (Å²) in [4.78, 5) is 13.0. The van der Waals surface area contributed by atoms with Crippen LogP contribution in [0.1, 0.15) is 18.7 Å². The van der Waals surface area contributed by atoms with E-state index in [4.69, 9.17) is 0 Å². The van der Waals surface area contributed by atoms with Crippen LogP contribution in [0.2, 0.25) is 0 Å². The highest BCUT2D eigenvalue weighted by Crippen LogP contribution is 2.20. The first-order chi connectivity index (χ1) is 8.93. The van der Waals surface area contributed by atoms with Gasteiger partial charge in [0.1, 0.15) is 6.33 Å². The van der Waals surface area contributed by atoms with Gasteiger partial charge in [-0.15, -0.1) is 0 Å². The molecule has 3 rings (SSSR count). The molecular formula is C15H13N3. The molecule has 0 saturated carbocycles. The van der Waals surface area contributed by atoms with Crippen molar-refractivity contribution in [2.75, 3.05) is 0 Å². The standard InChI is InChI=1S/C15H13N3/c1-3-7-12(8-4-1)14-16-11-17-15(18-14)13-9-5-2-6-10-13/h1,3-5,7-11H,2,6H2. The lowest BCUT2D eigenvalue weighted by Crippen LogP contribution is -1.98. The average Bonchev–Trinajstić information content (AvgIpc) is 2.49. The second kappa shape index (κ2) is 4.92. The number of allylic oxidation sites excluding steroid dienone is 4. The van der Waals surface area contributed by atoms with Crippen molar-refractivity contribution in [3.8, 4) is 11.4 Å². The molecule has 0 atom stereocenters. The summed E-state index contributed by atoms with van der Waals surface area (Å²) in [6.45, 7) is 0. The van der Waals surface area contributed by atoms with Gasteiger partial charge in [0.2, 0.25) is 0 Å². The van der Waals surface area contributed by atoms with Crippen molar-refractivity contribution >= 4 is 5.57 Å². The lowest BCUT2D eigenvalue weighted by atomic mass is 10.1. The zero-order valence-electron chi connectivity index (χ0n) is 9.95. The lowest BCUT2D eigenvalue weighted by molar-refractivity contribution is 1.00. The van der Waals surface area contributed by atoms with E-state index in [0.717, 1.165) is 35.6 Å². The molecule has 0 N–H and O–H groups in total. The van der Waals surface area contributed by atoms with Gasteiger partial charge >= 0.3 is 0 Å². The van der Waals surface area contributed by atoms with Crippen LogP contribution in [0.3, 0.4) is 0 Å². The molecule has 3 nitrogen and oxygen atoms in total. The normalized spacial score (nSPS) is 14.3. The van der Waals surface area contributed by atoms with Gasteiger partial charge in [0, 0.05) is 11.1 Å². The van der Waals surface area contributed by atoms with Gasteiger partial charge in [0.25, 0.3) is 0 Å². The Kier molecular flexibility index (Phi) is 2.96. The van der Waals surface area contributed by atoms with Crippen molar-refractivity contribution in [1.29, 1.82) is 0 Å². The Balaban J connectivity index is 1.99. The third-order valence-electron chi connectivity index (χ3n) is 2.86. The van der Waals surface area contributed by atoms with Crippen LogP contribution >= 0.6 is 0 Å². The zero-order valence-corrected chi connectivity index (χ0v) is 9.95. The number of hydrogen-bond donors (Lipinski definition) is 0. The molecule has 0 aliphatic heterocycles. The first-order valence-corrected chi connectivity index (χ1v) is 6.05. The molecule has 0 spiro atoms. The topological polar surface area (TPSA) is 38.7 Å². The van der Waals surface area contributed by atoms with Crippen molar-refractivity contribution < 1.29 is 0 Å². The second-order valence-corrected chi connectivity index (χ2v) is 4.14. The predicted octanol–water partition coefficient (Wildman–Crippen LogP) is 3.27. The fourth-order valence-corrected chi connectivity index (χ4v) is 1.94. The van der Waals surface area contributed by atoms with Crippen LogP contribution in [0.15, 0.2) is 54.9 Å². The summed E-state index contributed by atoms with van der Waals surface area (Å²) in [5.41, 5.74) is 2.10. The molecule has 1 heterocycles. The van der Waals surface area contributed by atoms with E-state index >= 15 is 0 Å². The minimum absolute atomic E-state index is 0.723. The third-order valence-corrected chi connectivity index (χ3v) is 2.86.